The molecule has 1 aliphatic heterocycles. The summed E-state index contributed by atoms with van der Waals surface area (Å²) in [6.07, 6.45) is 1.65. The van der Waals surface area contributed by atoms with Crippen molar-refractivity contribution >= 4 is 5.91 Å². The first kappa shape index (κ1) is 19.3. The van der Waals surface area contributed by atoms with Gasteiger partial charge in [-0.15, -0.1) is 0 Å². The Morgan fingerprint density at radius 3 is 2.44 bits per heavy atom. The molecule has 1 fully saturated rings. The number of hydrogen-bond donors (Lipinski definition) is 1. The fourth-order valence-corrected chi connectivity index (χ4v) is 3.27. The molecule has 1 aliphatic rings. The number of amides is 1. The van der Waals surface area contributed by atoms with Gasteiger partial charge in [0.25, 0.3) is 5.91 Å². The van der Waals surface area contributed by atoms with Gasteiger partial charge in [0.15, 0.2) is 11.6 Å². The van der Waals surface area contributed by atoms with Gasteiger partial charge < -0.3 is 10.1 Å². The van der Waals surface area contributed by atoms with E-state index in [0.717, 1.165) is 43.3 Å². The van der Waals surface area contributed by atoms with Gasteiger partial charge >= 0.3 is 0 Å². The molecule has 2 aromatic carbocycles. The largest absolute Gasteiger partial charge is 0.494 e. The molecule has 0 aliphatic carbocycles. The lowest BCUT2D eigenvalue weighted by molar-refractivity contribution is 0.0909. The second kappa shape index (κ2) is 8.95. The van der Waals surface area contributed by atoms with Gasteiger partial charge in [-0.2, -0.15) is 0 Å². The molecule has 0 bridgehead atoms. The zero-order valence-electron chi connectivity index (χ0n) is 15.4. The van der Waals surface area contributed by atoms with Crippen molar-refractivity contribution in [2.24, 2.45) is 0 Å². The molecule has 1 saturated heterocycles. The first-order chi connectivity index (χ1) is 13.0. The van der Waals surface area contributed by atoms with Gasteiger partial charge in [-0.3, -0.25) is 9.69 Å². The van der Waals surface area contributed by atoms with Gasteiger partial charge in [-0.1, -0.05) is 6.07 Å². The van der Waals surface area contributed by atoms with E-state index in [1.807, 2.05) is 6.92 Å². The molecule has 3 rings (SSSR count). The van der Waals surface area contributed by atoms with Crippen LogP contribution in [0.1, 0.15) is 35.7 Å². The fraction of sp³-hybridized carbons (Fsp3) is 0.381. The van der Waals surface area contributed by atoms with Crippen LogP contribution in [0, 0.1) is 11.6 Å². The molecule has 144 valence electrons. The Labute approximate surface area is 158 Å². The lowest BCUT2D eigenvalue weighted by Crippen LogP contribution is -2.44. The molecule has 4 nitrogen and oxygen atoms in total. The first-order valence-corrected chi connectivity index (χ1v) is 9.25. The molecule has 0 radical (unpaired) electrons. The van der Waals surface area contributed by atoms with Gasteiger partial charge in [0.1, 0.15) is 5.75 Å². The smallest absolute Gasteiger partial charge is 0.251 e. The number of carbonyl (C=O) groups excluding carboxylic acids is 1. The maximum Gasteiger partial charge on any atom is 0.251 e. The number of likely N-dealkylation sites (tertiary alicyclic amines) is 1. The molecule has 1 heterocycles. The Hall–Kier alpha value is -2.47. The van der Waals surface area contributed by atoms with Gasteiger partial charge in [0.05, 0.1) is 6.61 Å². The summed E-state index contributed by atoms with van der Waals surface area (Å²) in [6, 6.07) is 11.2. The van der Waals surface area contributed by atoms with Gasteiger partial charge in [-0.05, 0) is 61.7 Å². The Morgan fingerprint density at radius 2 is 1.81 bits per heavy atom. The number of nitrogens with zero attached hydrogens (tertiary/aromatic N) is 1. The van der Waals surface area contributed by atoms with Crippen molar-refractivity contribution in [3.8, 4) is 5.75 Å². The number of benzene rings is 2. The fourth-order valence-electron chi connectivity index (χ4n) is 3.27. The molecular formula is C21H24F2N2O2. The number of piperidine rings is 1. The van der Waals surface area contributed by atoms with Crippen LogP contribution >= 0.6 is 0 Å². The van der Waals surface area contributed by atoms with Crippen LogP contribution in [0.25, 0.3) is 0 Å². The van der Waals surface area contributed by atoms with Crippen LogP contribution in [0.3, 0.4) is 0 Å². The summed E-state index contributed by atoms with van der Waals surface area (Å²) >= 11 is 0. The van der Waals surface area contributed by atoms with E-state index >= 15 is 0 Å². The first-order valence-electron chi connectivity index (χ1n) is 9.25. The summed E-state index contributed by atoms with van der Waals surface area (Å²) in [5.74, 6) is -0.976. The zero-order valence-corrected chi connectivity index (χ0v) is 15.4. The summed E-state index contributed by atoms with van der Waals surface area (Å²) in [5, 5.41) is 3.07. The normalized spacial score (nSPS) is 15.5. The Kier molecular flexibility index (Phi) is 6.40. The van der Waals surface area contributed by atoms with Crippen molar-refractivity contribution in [1.29, 1.82) is 0 Å². The molecule has 1 N–H and O–H groups in total. The molecular weight excluding hydrogens is 350 g/mol. The van der Waals surface area contributed by atoms with Crippen molar-refractivity contribution in [3.63, 3.8) is 0 Å². The molecule has 2 aromatic rings. The molecule has 0 aromatic heterocycles. The second-order valence-electron chi connectivity index (χ2n) is 6.73. The summed E-state index contributed by atoms with van der Waals surface area (Å²) in [5.41, 5.74) is 1.37. The van der Waals surface area contributed by atoms with Crippen molar-refractivity contribution in [3.05, 3.63) is 65.2 Å². The topological polar surface area (TPSA) is 41.6 Å². The molecule has 0 atom stereocenters. The highest BCUT2D eigenvalue weighted by molar-refractivity contribution is 5.94. The van der Waals surface area contributed by atoms with E-state index in [9.17, 15) is 13.6 Å². The quantitative estimate of drug-likeness (QED) is 0.837. The van der Waals surface area contributed by atoms with E-state index in [1.165, 1.54) is 6.07 Å². The number of halogens is 2. The summed E-state index contributed by atoms with van der Waals surface area (Å²) in [6.45, 7) is 4.69. The minimum Gasteiger partial charge on any atom is -0.494 e. The molecule has 1 amide bonds. The van der Waals surface area contributed by atoms with Gasteiger partial charge in [-0.25, -0.2) is 8.78 Å². The van der Waals surface area contributed by atoms with Crippen molar-refractivity contribution in [2.75, 3.05) is 19.7 Å². The number of hydrogen-bond acceptors (Lipinski definition) is 3. The monoisotopic (exact) mass is 374 g/mol. The average molecular weight is 374 g/mol. The number of rotatable bonds is 6. The van der Waals surface area contributed by atoms with Crippen LogP contribution < -0.4 is 10.1 Å². The van der Waals surface area contributed by atoms with Gasteiger partial charge in [0, 0.05) is 31.2 Å². The minimum atomic E-state index is -0.825. The predicted octanol–water partition coefficient (Wildman–Crippen LogP) is 3.76. The molecule has 0 spiro atoms. The third kappa shape index (κ3) is 5.26. The SMILES string of the molecule is CCOc1ccc(C(=O)NC2CCN(Cc3ccc(F)c(F)c3)CC2)cc1. The lowest BCUT2D eigenvalue weighted by atomic mass is 10.0. The van der Waals surface area contributed by atoms with E-state index in [2.05, 4.69) is 10.2 Å². The molecule has 6 heteroatoms. The predicted molar refractivity (Wildman–Crippen MR) is 99.7 cm³/mol. The van der Waals surface area contributed by atoms with Crippen LogP contribution in [0.15, 0.2) is 42.5 Å². The van der Waals surface area contributed by atoms with Crippen molar-refractivity contribution in [2.45, 2.75) is 32.4 Å². The van der Waals surface area contributed by atoms with Crippen LogP contribution in [-0.4, -0.2) is 36.5 Å². The lowest BCUT2D eigenvalue weighted by Gasteiger charge is -2.32. The maximum absolute atomic E-state index is 13.3. The summed E-state index contributed by atoms with van der Waals surface area (Å²) in [7, 11) is 0. The van der Waals surface area contributed by atoms with E-state index in [4.69, 9.17) is 4.74 Å². The van der Waals surface area contributed by atoms with E-state index in [0.29, 0.717) is 18.7 Å². The highest BCUT2D eigenvalue weighted by Gasteiger charge is 2.21. The van der Waals surface area contributed by atoms with Crippen molar-refractivity contribution < 1.29 is 18.3 Å². The van der Waals surface area contributed by atoms with E-state index in [1.54, 1.807) is 30.3 Å². The zero-order chi connectivity index (χ0) is 19.2. The Balaban J connectivity index is 1.47. The molecule has 0 unspecified atom stereocenters. The summed E-state index contributed by atoms with van der Waals surface area (Å²) in [4.78, 5) is 14.6. The number of nitrogens with one attached hydrogen (secondary N) is 1. The third-order valence-corrected chi connectivity index (χ3v) is 4.74. The molecule has 0 saturated carbocycles. The van der Waals surface area contributed by atoms with Crippen LogP contribution in [-0.2, 0) is 6.54 Å². The summed E-state index contributed by atoms with van der Waals surface area (Å²) < 4.78 is 31.7. The highest BCUT2D eigenvalue weighted by Crippen LogP contribution is 2.17. The van der Waals surface area contributed by atoms with Crippen LogP contribution in [0.2, 0.25) is 0 Å². The average Bonchev–Trinajstić information content (AvgIpc) is 2.67. The minimum absolute atomic E-state index is 0.0860. The Morgan fingerprint density at radius 1 is 1.11 bits per heavy atom. The van der Waals surface area contributed by atoms with E-state index in [-0.39, 0.29) is 11.9 Å². The standard InChI is InChI=1S/C21H24F2N2O2/c1-2-27-18-6-4-16(5-7-18)21(26)24-17-9-11-25(12-10-17)14-15-3-8-19(22)20(23)13-15/h3-8,13,17H,2,9-12,14H2,1H3,(H,24,26). The van der Waals surface area contributed by atoms with Crippen molar-refractivity contribution in [1.82, 2.24) is 10.2 Å². The second-order valence-corrected chi connectivity index (χ2v) is 6.73. The third-order valence-electron chi connectivity index (χ3n) is 4.74. The van der Waals surface area contributed by atoms with Crippen LogP contribution in [0.5, 0.6) is 5.75 Å². The number of ether oxygens (including phenoxy) is 1. The maximum atomic E-state index is 13.3. The number of carbonyl (C=O) groups is 1. The molecule has 27 heavy (non-hydrogen) atoms. The van der Waals surface area contributed by atoms with Crippen LogP contribution in [0.4, 0.5) is 8.78 Å². The van der Waals surface area contributed by atoms with E-state index < -0.39 is 11.6 Å². The Bertz CT molecular complexity index is 772. The highest BCUT2D eigenvalue weighted by atomic mass is 19.2. The van der Waals surface area contributed by atoms with Gasteiger partial charge in [0.2, 0.25) is 0 Å².